The lowest BCUT2D eigenvalue weighted by Crippen LogP contribution is -2.38. The van der Waals surface area contributed by atoms with Crippen molar-refractivity contribution in [2.75, 3.05) is 26.2 Å². The predicted molar refractivity (Wildman–Crippen MR) is 55.1 cm³/mol. The van der Waals surface area contributed by atoms with Gasteiger partial charge < -0.3 is 5.73 Å². The van der Waals surface area contributed by atoms with Crippen molar-refractivity contribution in [3.8, 4) is 0 Å². The number of rotatable bonds is 6. The molecule has 0 rings (SSSR count). The van der Waals surface area contributed by atoms with Crippen LogP contribution in [0.15, 0.2) is 12.7 Å². The number of nitrogens with zero attached hydrogens (tertiary/aromatic N) is 1. The molecule has 0 saturated heterocycles. The largest absolute Gasteiger partial charge is 0.330 e. The Morgan fingerprint density at radius 1 is 1.50 bits per heavy atom. The van der Waals surface area contributed by atoms with Crippen molar-refractivity contribution in [1.29, 1.82) is 0 Å². The van der Waals surface area contributed by atoms with Crippen LogP contribution in [0.4, 0.5) is 0 Å². The van der Waals surface area contributed by atoms with Gasteiger partial charge >= 0.3 is 0 Å². The fourth-order valence-corrected chi connectivity index (χ4v) is 1.16. The van der Waals surface area contributed by atoms with Gasteiger partial charge in [-0.3, -0.25) is 4.90 Å². The minimum atomic E-state index is 0.221. The monoisotopic (exact) mass is 170 g/mol. The van der Waals surface area contributed by atoms with Crippen molar-refractivity contribution < 1.29 is 0 Å². The van der Waals surface area contributed by atoms with Crippen LogP contribution < -0.4 is 5.73 Å². The topological polar surface area (TPSA) is 29.3 Å². The Hall–Kier alpha value is -0.340. The average molecular weight is 170 g/mol. The summed E-state index contributed by atoms with van der Waals surface area (Å²) in [6, 6.07) is 0. The number of nitrogens with two attached hydrogens (primary N) is 1. The molecule has 0 spiro atoms. The van der Waals surface area contributed by atoms with Crippen LogP contribution in [0.5, 0.6) is 0 Å². The molecule has 2 N–H and O–H groups in total. The van der Waals surface area contributed by atoms with Gasteiger partial charge in [0.2, 0.25) is 0 Å². The maximum atomic E-state index is 5.65. The van der Waals surface area contributed by atoms with E-state index in [9.17, 15) is 0 Å². The molecule has 0 heterocycles. The first kappa shape index (κ1) is 11.7. The lowest BCUT2D eigenvalue weighted by atomic mass is 9.93. The van der Waals surface area contributed by atoms with E-state index >= 15 is 0 Å². The van der Waals surface area contributed by atoms with E-state index in [1.54, 1.807) is 0 Å². The third-order valence-corrected chi connectivity index (χ3v) is 2.04. The van der Waals surface area contributed by atoms with E-state index in [1.165, 1.54) is 0 Å². The Morgan fingerprint density at radius 3 is 2.42 bits per heavy atom. The summed E-state index contributed by atoms with van der Waals surface area (Å²) in [4.78, 5) is 2.35. The number of likely N-dealkylation sites (N-methyl/N-ethyl adjacent to an activating group) is 1. The number of hydrogen-bond donors (Lipinski definition) is 1. The molecule has 0 aromatic heterocycles. The summed E-state index contributed by atoms with van der Waals surface area (Å²) in [6.07, 6.45) is 1.94. The van der Waals surface area contributed by atoms with Crippen LogP contribution in [0.2, 0.25) is 0 Å². The predicted octanol–water partition coefficient (Wildman–Crippen LogP) is 1.48. The average Bonchev–Trinajstić information content (AvgIpc) is 2.03. The summed E-state index contributed by atoms with van der Waals surface area (Å²) in [6.45, 7) is 14.1. The molecule has 0 aliphatic rings. The smallest absolute Gasteiger partial charge is 0.0160 e. The van der Waals surface area contributed by atoms with E-state index in [0.717, 1.165) is 26.2 Å². The quantitative estimate of drug-likeness (QED) is 0.612. The van der Waals surface area contributed by atoms with Crippen molar-refractivity contribution >= 4 is 0 Å². The Labute approximate surface area is 76.4 Å². The molecule has 0 aromatic rings. The van der Waals surface area contributed by atoms with Gasteiger partial charge in [0, 0.05) is 13.1 Å². The minimum Gasteiger partial charge on any atom is -0.330 e. The normalized spacial score (nSPS) is 12.1. The van der Waals surface area contributed by atoms with Gasteiger partial charge in [-0.15, -0.1) is 6.58 Å². The Kier molecular flexibility index (Phi) is 5.18. The molecule has 2 heteroatoms. The standard InChI is InChI=1S/C10H22N2/c1-5-7-12(6-2)9-10(3,4)8-11/h5H,1,6-9,11H2,2-4H3. The van der Waals surface area contributed by atoms with E-state index in [4.69, 9.17) is 5.73 Å². The number of hydrogen-bond acceptors (Lipinski definition) is 2. The van der Waals surface area contributed by atoms with Gasteiger partial charge in [-0.1, -0.05) is 26.8 Å². The first-order valence-electron chi connectivity index (χ1n) is 4.59. The summed E-state index contributed by atoms with van der Waals surface area (Å²) in [7, 11) is 0. The summed E-state index contributed by atoms with van der Waals surface area (Å²) in [5.41, 5.74) is 5.87. The third kappa shape index (κ3) is 4.52. The highest BCUT2D eigenvalue weighted by Gasteiger charge is 2.18. The molecule has 0 fully saturated rings. The molecule has 72 valence electrons. The molecule has 2 nitrogen and oxygen atoms in total. The zero-order valence-corrected chi connectivity index (χ0v) is 8.64. The van der Waals surface area contributed by atoms with Gasteiger partial charge in [0.1, 0.15) is 0 Å². The van der Waals surface area contributed by atoms with Crippen molar-refractivity contribution in [2.24, 2.45) is 11.1 Å². The molecular weight excluding hydrogens is 148 g/mol. The van der Waals surface area contributed by atoms with E-state index in [2.05, 4.69) is 32.3 Å². The fraction of sp³-hybridized carbons (Fsp3) is 0.800. The molecule has 0 aliphatic heterocycles. The SMILES string of the molecule is C=CCN(CC)CC(C)(C)CN. The van der Waals surface area contributed by atoms with Crippen LogP contribution >= 0.6 is 0 Å². The van der Waals surface area contributed by atoms with Gasteiger partial charge in [-0.25, -0.2) is 0 Å². The van der Waals surface area contributed by atoms with Crippen LogP contribution in [0.3, 0.4) is 0 Å². The van der Waals surface area contributed by atoms with Crippen molar-refractivity contribution in [2.45, 2.75) is 20.8 Å². The van der Waals surface area contributed by atoms with E-state index < -0.39 is 0 Å². The highest BCUT2D eigenvalue weighted by atomic mass is 15.1. The molecule has 0 unspecified atom stereocenters. The zero-order chi connectivity index (χ0) is 9.61. The molecule has 0 atom stereocenters. The second kappa shape index (κ2) is 5.33. The first-order valence-corrected chi connectivity index (χ1v) is 4.59. The van der Waals surface area contributed by atoms with Gasteiger partial charge in [0.05, 0.1) is 0 Å². The lowest BCUT2D eigenvalue weighted by molar-refractivity contribution is 0.206. The van der Waals surface area contributed by atoms with Crippen LogP contribution in [0, 0.1) is 5.41 Å². The van der Waals surface area contributed by atoms with Crippen LogP contribution in [-0.4, -0.2) is 31.1 Å². The Balaban J connectivity index is 3.91. The van der Waals surface area contributed by atoms with Gasteiger partial charge in [0.15, 0.2) is 0 Å². The molecule has 0 aromatic carbocycles. The van der Waals surface area contributed by atoms with Gasteiger partial charge in [0.25, 0.3) is 0 Å². The second-order valence-corrected chi connectivity index (χ2v) is 3.98. The second-order valence-electron chi connectivity index (χ2n) is 3.98. The summed E-state index contributed by atoms with van der Waals surface area (Å²) < 4.78 is 0. The Morgan fingerprint density at radius 2 is 2.08 bits per heavy atom. The van der Waals surface area contributed by atoms with Crippen LogP contribution in [-0.2, 0) is 0 Å². The molecule has 0 radical (unpaired) electrons. The van der Waals surface area contributed by atoms with Gasteiger partial charge in [-0.2, -0.15) is 0 Å². The van der Waals surface area contributed by atoms with E-state index in [0.29, 0.717) is 0 Å². The maximum absolute atomic E-state index is 5.65. The lowest BCUT2D eigenvalue weighted by Gasteiger charge is -2.30. The van der Waals surface area contributed by atoms with Crippen LogP contribution in [0.25, 0.3) is 0 Å². The first-order chi connectivity index (χ1) is 5.55. The molecule has 0 aliphatic carbocycles. The molecular formula is C10H22N2. The molecule has 0 bridgehead atoms. The fourth-order valence-electron chi connectivity index (χ4n) is 1.16. The van der Waals surface area contributed by atoms with E-state index in [-0.39, 0.29) is 5.41 Å². The van der Waals surface area contributed by atoms with Crippen molar-refractivity contribution in [3.05, 3.63) is 12.7 Å². The summed E-state index contributed by atoms with van der Waals surface area (Å²) in [5.74, 6) is 0. The molecule has 0 saturated carbocycles. The summed E-state index contributed by atoms with van der Waals surface area (Å²) in [5, 5.41) is 0. The highest BCUT2D eigenvalue weighted by Crippen LogP contribution is 2.14. The zero-order valence-electron chi connectivity index (χ0n) is 8.64. The van der Waals surface area contributed by atoms with Gasteiger partial charge in [-0.05, 0) is 18.5 Å². The third-order valence-electron chi connectivity index (χ3n) is 2.04. The van der Waals surface area contributed by atoms with Crippen molar-refractivity contribution in [3.63, 3.8) is 0 Å². The van der Waals surface area contributed by atoms with Crippen LogP contribution in [0.1, 0.15) is 20.8 Å². The Bertz CT molecular complexity index is 130. The van der Waals surface area contributed by atoms with Crippen molar-refractivity contribution in [1.82, 2.24) is 4.90 Å². The molecule has 0 amide bonds. The molecule has 12 heavy (non-hydrogen) atoms. The minimum absolute atomic E-state index is 0.221. The summed E-state index contributed by atoms with van der Waals surface area (Å²) >= 11 is 0. The highest BCUT2D eigenvalue weighted by molar-refractivity contribution is 4.79. The maximum Gasteiger partial charge on any atom is 0.0160 e. The van der Waals surface area contributed by atoms with E-state index in [1.807, 2.05) is 6.08 Å².